The Morgan fingerprint density at radius 3 is 2.60 bits per heavy atom. The molecule has 0 aliphatic carbocycles. The molecule has 10 heavy (non-hydrogen) atoms. The van der Waals surface area contributed by atoms with Crippen LogP contribution in [-0.2, 0) is 0 Å². The van der Waals surface area contributed by atoms with Crippen LogP contribution in [0.25, 0.3) is 0 Å². The standard InChI is InChI=1S/C6H10N2O2/c1-5(9)6(10)8-3-2-7-4-8/h2-6,9-10H,1H3. The average Bonchev–Trinajstić information content (AvgIpc) is 2.36. The number of imidazole rings is 1. The first-order chi connectivity index (χ1) is 4.72. The van der Waals surface area contributed by atoms with Gasteiger partial charge in [-0.05, 0) is 6.92 Å². The van der Waals surface area contributed by atoms with Gasteiger partial charge in [0.25, 0.3) is 0 Å². The zero-order chi connectivity index (χ0) is 7.56. The highest BCUT2D eigenvalue weighted by atomic mass is 16.3. The summed E-state index contributed by atoms with van der Waals surface area (Å²) in [5.74, 6) is 0. The Balaban J connectivity index is 2.68. The van der Waals surface area contributed by atoms with Crippen molar-refractivity contribution in [1.82, 2.24) is 9.55 Å². The summed E-state index contributed by atoms with van der Waals surface area (Å²) in [5.41, 5.74) is 0. The minimum Gasteiger partial charge on any atom is -0.389 e. The zero-order valence-corrected chi connectivity index (χ0v) is 5.68. The molecule has 1 aromatic rings. The van der Waals surface area contributed by atoms with Crippen molar-refractivity contribution in [1.29, 1.82) is 0 Å². The molecular formula is C6H10N2O2. The number of aliphatic hydroxyl groups excluding tert-OH is 2. The van der Waals surface area contributed by atoms with E-state index in [9.17, 15) is 0 Å². The predicted octanol–water partition coefficient (Wildman–Crippen LogP) is -0.245. The van der Waals surface area contributed by atoms with Crippen molar-refractivity contribution >= 4 is 0 Å². The predicted molar refractivity (Wildman–Crippen MR) is 35.2 cm³/mol. The van der Waals surface area contributed by atoms with Crippen LogP contribution < -0.4 is 0 Å². The lowest BCUT2D eigenvalue weighted by atomic mass is 10.3. The topological polar surface area (TPSA) is 58.3 Å². The minimum atomic E-state index is -0.887. The van der Waals surface area contributed by atoms with Gasteiger partial charge in [0.05, 0.1) is 12.4 Å². The van der Waals surface area contributed by atoms with Gasteiger partial charge >= 0.3 is 0 Å². The molecule has 0 bridgehead atoms. The molecule has 0 fully saturated rings. The van der Waals surface area contributed by atoms with Gasteiger partial charge in [0.2, 0.25) is 0 Å². The van der Waals surface area contributed by atoms with Crippen molar-refractivity contribution in [2.24, 2.45) is 0 Å². The molecule has 4 heteroatoms. The maximum atomic E-state index is 9.16. The monoisotopic (exact) mass is 142 g/mol. The molecule has 0 aliphatic rings. The molecule has 1 aromatic heterocycles. The first kappa shape index (κ1) is 7.24. The number of nitrogens with zero attached hydrogens (tertiary/aromatic N) is 2. The molecule has 2 N–H and O–H groups in total. The molecule has 0 aliphatic heterocycles. The summed E-state index contributed by atoms with van der Waals surface area (Å²) in [6, 6.07) is 0. The van der Waals surface area contributed by atoms with Crippen LogP contribution in [0.1, 0.15) is 13.2 Å². The largest absolute Gasteiger partial charge is 0.389 e. The number of aliphatic hydroxyl groups is 2. The number of hydrogen-bond donors (Lipinski definition) is 2. The Kier molecular flexibility index (Phi) is 2.03. The lowest BCUT2D eigenvalue weighted by Crippen LogP contribution is -2.19. The van der Waals surface area contributed by atoms with Crippen molar-refractivity contribution < 1.29 is 10.2 Å². The molecule has 0 radical (unpaired) electrons. The van der Waals surface area contributed by atoms with E-state index in [1.54, 1.807) is 12.4 Å². The van der Waals surface area contributed by atoms with Crippen molar-refractivity contribution in [3.8, 4) is 0 Å². The summed E-state index contributed by atoms with van der Waals surface area (Å²) in [5, 5.41) is 18.1. The molecule has 2 unspecified atom stereocenters. The van der Waals surface area contributed by atoms with Crippen molar-refractivity contribution in [3.63, 3.8) is 0 Å². The quantitative estimate of drug-likeness (QED) is 0.599. The highest BCUT2D eigenvalue weighted by Crippen LogP contribution is 2.05. The van der Waals surface area contributed by atoms with Gasteiger partial charge in [-0.25, -0.2) is 4.98 Å². The van der Waals surface area contributed by atoms with Gasteiger partial charge in [0.15, 0.2) is 6.23 Å². The summed E-state index contributed by atoms with van der Waals surface area (Å²) >= 11 is 0. The number of hydrogen-bond acceptors (Lipinski definition) is 3. The maximum Gasteiger partial charge on any atom is 0.157 e. The number of rotatable bonds is 2. The lowest BCUT2D eigenvalue weighted by Gasteiger charge is -2.13. The van der Waals surface area contributed by atoms with Gasteiger partial charge in [0.1, 0.15) is 0 Å². The fraction of sp³-hybridized carbons (Fsp3) is 0.500. The van der Waals surface area contributed by atoms with E-state index in [1.807, 2.05) is 0 Å². The van der Waals surface area contributed by atoms with Crippen LogP contribution >= 0.6 is 0 Å². The van der Waals surface area contributed by atoms with E-state index in [-0.39, 0.29) is 0 Å². The average molecular weight is 142 g/mol. The minimum absolute atomic E-state index is 0.769. The Hall–Kier alpha value is -0.870. The second-order valence-corrected chi connectivity index (χ2v) is 2.16. The summed E-state index contributed by atoms with van der Waals surface area (Å²) in [6.07, 6.45) is 2.94. The molecule has 2 atom stereocenters. The highest BCUT2D eigenvalue weighted by molar-refractivity contribution is 4.77. The molecule has 56 valence electrons. The molecule has 0 amide bonds. The fourth-order valence-corrected chi connectivity index (χ4v) is 0.675. The van der Waals surface area contributed by atoms with Gasteiger partial charge in [-0.15, -0.1) is 0 Å². The molecule has 0 aromatic carbocycles. The summed E-state index contributed by atoms with van der Waals surface area (Å²) in [6.45, 7) is 1.52. The van der Waals surface area contributed by atoms with E-state index in [2.05, 4.69) is 4.98 Å². The number of aromatic nitrogens is 2. The first-order valence-electron chi connectivity index (χ1n) is 3.05. The maximum absolute atomic E-state index is 9.16. The smallest absolute Gasteiger partial charge is 0.157 e. The van der Waals surface area contributed by atoms with E-state index in [0.717, 1.165) is 0 Å². The molecule has 1 rings (SSSR count). The van der Waals surface area contributed by atoms with Crippen LogP contribution in [0.15, 0.2) is 18.7 Å². The second kappa shape index (κ2) is 2.81. The molecular weight excluding hydrogens is 132 g/mol. The van der Waals surface area contributed by atoms with Crippen LogP contribution in [0.5, 0.6) is 0 Å². The van der Waals surface area contributed by atoms with Gasteiger partial charge in [-0.3, -0.25) is 0 Å². The van der Waals surface area contributed by atoms with Gasteiger partial charge in [-0.1, -0.05) is 0 Å². The Labute approximate surface area is 58.8 Å². The van der Waals surface area contributed by atoms with Crippen molar-refractivity contribution in [3.05, 3.63) is 18.7 Å². The van der Waals surface area contributed by atoms with Crippen LogP contribution in [0, 0.1) is 0 Å². The van der Waals surface area contributed by atoms with Crippen molar-refractivity contribution in [2.45, 2.75) is 19.3 Å². The third kappa shape index (κ3) is 1.34. The van der Waals surface area contributed by atoms with Gasteiger partial charge in [-0.2, -0.15) is 0 Å². The Bertz CT molecular complexity index is 184. The highest BCUT2D eigenvalue weighted by Gasteiger charge is 2.10. The summed E-state index contributed by atoms with van der Waals surface area (Å²) < 4.78 is 1.44. The molecule has 0 saturated carbocycles. The van der Waals surface area contributed by atoms with Crippen LogP contribution in [-0.4, -0.2) is 25.9 Å². The Morgan fingerprint density at radius 1 is 1.50 bits per heavy atom. The van der Waals surface area contributed by atoms with Gasteiger partial charge < -0.3 is 14.8 Å². The molecule has 0 saturated heterocycles. The van der Waals surface area contributed by atoms with E-state index in [0.29, 0.717) is 0 Å². The van der Waals surface area contributed by atoms with Crippen molar-refractivity contribution in [2.75, 3.05) is 0 Å². The van der Waals surface area contributed by atoms with E-state index < -0.39 is 12.3 Å². The first-order valence-corrected chi connectivity index (χ1v) is 3.05. The normalized spacial score (nSPS) is 16.7. The Morgan fingerprint density at radius 2 is 2.20 bits per heavy atom. The van der Waals surface area contributed by atoms with Crippen LogP contribution in [0.4, 0.5) is 0 Å². The third-order valence-electron chi connectivity index (χ3n) is 1.26. The van der Waals surface area contributed by atoms with Gasteiger partial charge in [0, 0.05) is 12.4 Å². The second-order valence-electron chi connectivity index (χ2n) is 2.16. The third-order valence-corrected chi connectivity index (χ3v) is 1.26. The summed E-state index contributed by atoms with van der Waals surface area (Å²) in [4.78, 5) is 3.72. The molecule has 0 spiro atoms. The van der Waals surface area contributed by atoms with Crippen LogP contribution in [0.2, 0.25) is 0 Å². The fourth-order valence-electron chi connectivity index (χ4n) is 0.675. The van der Waals surface area contributed by atoms with E-state index in [4.69, 9.17) is 10.2 Å². The van der Waals surface area contributed by atoms with E-state index >= 15 is 0 Å². The SMILES string of the molecule is CC(O)C(O)n1ccnc1. The molecule has 4 nitrogen and oxygen atoms in total. The van der Waals surface area contributed by atoms with Crippen LogP contribution in [0.3, 0.4) is 0 Å². The molecule has 1 heterocycles. The van der Waals surface area contributed by atoms with E-state index in [1.165, 1.54) is 17.8 Å². The lowest BCUT2D eigenvalue weighted by molar-refractivity contribution is -0.0178. The zero-order valence-electron chi connectivity index (χ0n) is 5.68. The summed E-state index contributed by atoms with van der Waals surface area (Å²) in [7, 11) is 0.